The molecule has 0 atom stereocenters. The van der Waals surface area contributed by atoms with Crippen LogP contribution in [0.1, 0.15) is 42.5 Å². The lowest BCUT2D eigenvalue weighted by Crippen LogP contribution is -2.18. The number of carbonyl (C=O) groups is 2. The fourth-order valence-electron chi connectivity index (χ4n) is 3.07. The van der Waals surface area contributed by atoms with Crippen LogP contribution < -0.4 is 10.6 Å². The number of nitrogens with zero attached hydrogens (tertiary/aromatic N) is 1. The number of pyridine rings is 1. The molecule has 1 aromatic heterocycles. The summed E-state index contributed by atoms with van der Waals surface area (Å²) in [6.07, 6.45) is 8.38. The largest absolute Gasteiger partial charge is 0.324 e. The molecular formula is C19H21N3O2. The van der Waals surface area contributed by atoms with Crippen molar-refractivity contribution in [3.05, 3.63) is 54.4 Å². The number of rotatable bonds is 5. The summed E-state index contributed by atoms with van der Waals surface area (Å²) >= 11 is 0. The van der Waals surface area contributed by atoms with Gasteiger partial charge in [0.15, 0.2) is 0 Å². The van der Waals surface area contributed by atoms with Gasteiger partial charge in [-0.2, -0.15) is 0 Å². The first-order valence-electron chi connectivity index (χ1n) is 8.32. The molecule has 0 aliphatic heterocycles. The van der Waals surface area contributed by atoms with Gasteiger partial charge in [-0.3, -0.25) is 14.6 Å². The molecule has 1 saturated carbocycles. The molecular weight excluding hydrogens is 302 g/mol. The van der Waals surface area contributed by atoms with E-state index in [4.69, 9.17) is 0 Å². The quantitative estimate of drug-likeness (QED) is 0.878. The van der Waals surface area contributed by atoms with Crippen LogP contribution in [0, 0.1) is 5.92 Å². The van der Waals surface area contributed by atoms with Gasteiger partial charge >= 0.3 is 0 Å². The van der Waals surface area contributed by atoms with Gasteiger partial charge in [-0.05, 0) is 43.0 Å². The van der Waals surface area contributed by atoms with Crippen LogP contribution in [-0.2, 0) is 4.79 Å². The fourth-order valence-corrected chi connectivity index (χ4v) is 3.07. The van der Waals surface area contributed by atoms with Crippen LogP contribution in [0.2, 0.25) is 0 Å². The third-order valence-electron chi connectivity index (χ3n) is 4.32. The summed E-state index contributed by atoms with van der Waals surface area (Å²) in [7, 11) is 0. The number of benzene rings is 1. The van der Waals surface area contributed by atoms with Crippen molar-refractivity contribution in [2.45, 2.75) is 32.1 Å². The summed E-state index contributed by atoms with van der Waals surface area (Å²) in [6.45, 7) is 0. The van der Waals surface area contributed by atoms with Crippen molar-refractivity contribution in [1.29, 1.82) is 0 Å². The van der Waals surface area contributed by atoms with Gasteiger partial charge in [-0.1, -0.05) is 25.0 Å². The molecule has 0 bridgehead atoms. The zero-order valence-corrected chi connectivity index (χ0v) is 13.5. The minimum Gasteiger partial charge on any atom is -0.324 e. The number of anilines is 2. The molecule has 0 saturated heterocycles. The van der Waals surface area contributed by atoms with Crippen molar-refractivity contribution in [3.8, 4) is 0 Å². The summed E-state index contributed by atoms with van der Waals surface area (Å²) in [4.78, 5) is 28.5. The van der Waals surface area contributed by atoms with E-state index in [0.29, 0.717) is 29.3 Å². The van der Waals surface area contributed by atoms with E-state index < -0.39 is 0 Å². The van der Waals surface area contributed by atoms with E-state index in [2.05, 4.69) is 15.6 Å². The van der Waals surface area contributed by atoms with E-state index in [1.165, 1.54) is 19.0 Å². The molecule has 3 rings (SSSR count). The van der Waals surface area contributed by atoms with Gasteiger partial charge in [0.2, 0.25) is 5.91 Å². The maximum Gasteiger partial charge on any atom is 0.257 e. The summed E-state index contributed by atoms with van der Waals surface area (Å²) < 4.78 is 0. The van der Waals surface area contributed by atoms with Crippen LogP contribution in [0.15, 0.2) is 48.8 Å². The van der Waals surface area contributed by atoms with Crippen molar-refractivity contribution >= 4 is 23.2 Å². The second kappa shape index (κ2) is 7.73. The smallest absolute Gasteiger partial charge is 0.257 e. The first kappa shape index (κ1) is 16.2. The maximum atomic E-state index is 12.3. The first-order chi connectivity index (χ1) is 11.7. The standard InChI is InChI=1S/C19H21N3O2/c23-18(12-14-6-1-2-7-14)21-16-9-3-4-10-17(16)22-19(24)15-8-5-11-20-13-15/h3-5,8-11,13-14H,1-2,6-7,12H2,(H,21,23)(H,22,24). The molecule has 1 heterocycles. The van der Waals surface area contributed by atoms with Crippen LogP contribution in [-0.4, -0.2) is 16.8 Å². The normalized spacial score (nSPS) is 14.3. The van der Waals surface area contributed by atoms with Gasteiger partial charge in [0.05, 0.1) is 16.9 Å². The lowest BCUT2D eigenvalue weighted by atomic mass is 10.0. The fraction of sp³-hybridized carbons (Fsp3) is 0.316. The Morgan fingerprint density at radius 3 is 2.38 bits per heavy atom. The number of carbonyl (C=O) groups excluding carboxylic acids is 2. The van der Waals surface area contributed by atoms with Crippen molar-refractivity contribution in [2.75, 3.05) is 10.6 Å². The Labute approximate surface area is 141 Å². The predicted octanol–water partition coefficient (Wildman–Crippen LogP) is 3.85. The Bertz CT molecular complexity index is 710. The second-order valence-electron chi connectivity index (χ2n) is 6.14. The Morgan fingerprint density at radius 1 is 1.00 bits per heavy atom. The number of nitrogens with one attached hydrogen (secondary N) is 2. The predicted molar refractivity (Wildman–Crippen MR) is 93.8 cm³/mol. The molecule has 1 aliphatic carbocycles. The van der Waals surface area contributed by atoms with Gasteiger partial charge in [-0.25, -0.2) is 0 Å². The average molecular weight is 323 g/mol. The van der Waals surface area contributed by atoms with Crippen LogP contribution in [0.4, 0.5) is 11.4 Å². The molecule has 0 radical (unpaired) electrons. The number of hydrogen-bond donors (Lipinski definition) is 2. The van der Waals surface area contributed by atoms with E-state index in [0.717, 1.165) is 12.8 Å². The topological polar surface area (TPSA) is 71.1 Å². The number of amides is 2. The Hall–Kier alpha value is -2.69. The van der Waals surface area contributed by atoms with Crippen LogP contribution >= 0.6 is 0 Å². The lowest BCUT2D eigenvalue weighted by Gasteiger charge is -2.14. The first-order valence-corrected chi connectivity index (χ1v) is 8.32. The maximum absolute atomic E-state index is 12.3. The third kappa shape index (κ3) is 4.19. The zero-order chi connectivity index (χ0) is 16.8. The summed E-state index contributed by atoms with van der Waals surface area (Å²) in [5.41, 5.74) is 1.69. The van der Waals surface area contributed by atoms with Gasteiger partial charge in [0, 0.05) is 18.8 Å². The number of para-hydroxylation sites is 2. The van der Waals surface area contributed by atoms with Gasteiger partial charge < -0.3 is 10.6 Å². The van der Waals surface area contributed by atoms with E-state index in [1.54, 1.807) is 30.5 Å². The minimum absolute atomic E-state index is 0.00461. The number of aromatic nitrogens is 1. The Balaban J connectivity index is 1.66. The van der Waals surface area contributed by atoms with Gasteiger partial charge in [0.1, 0.15) is 0 Å². The van der Waals surface area contributed by atoms with Crippen molar-refractivity contribution in [1.82, 2.24) is 4.98 Å². The van der Waals surface area contributed by atoms with E-state index in [9.17, 15) is 9.59 Å². The molecule has 5 heteroatoms. The Kier molecular flexibility index (Phi) is 5.21. The monoisotopic (exact) mass is 323 g/mol. The van der Waals surface area contributed by atoms with Crippen LogP contribution in [0.3, 0.4) is 0 Å². The van der Waals surface area contributed by atoms with Crippen LogP contribution in [0.5, 0.6) is 0 Å². The summed E-state index contributed by atoms with van der Waals surface area (Å²) in [5, 5.41) is 5.76. The molecule has 2 N–H and O–H groups in total. The summed E-state index contributed by atoms with van der Waals surface area (Å²) in [6, 6.07) is 10.6. The van der Waals surface area contributed by atoms with Gasteiger partial charge in [-0.15, -0.1) is 0 Å². The molecule has 0 spiro atoms. The SMILES string of the molecule is O=C(CC1CCCC1)Nc1ccccc1NC(=O)c1cccnc1. The Morgan fingerprint density at radius 2 is 1.71 bits per heavy atom. The lowest BCUT2D eigenvalue weighted by molar-refractivity contribution is -0.117. The molecule has 0 unspecified atom stereocenters. The molecule has 1 fully saturated rings. The second-order valence-corrected chi connectivity index (χ2v) is 6.14. The molecule has 2 aromatic rings. The highest BCUT2D eigenvalue weighted by atomic mass is 16.2. The highest BCUT2D eigenvalue weighted by Crippen LogP contribution is 2.28. The molecule has 24 heavy (non-hydrogen) atoms. The van der Waals surface area contributed by atoms with Crippen molar-refractivity contribution in [2.24, 2.45) is 5.92 Å². The molecule has 124 valence electrons. The van der Waals surface area contributed by atoms with E-state index >= 15 is 0 Å². The zero-order valence-electron chi connectivity index (χ0n) is 13.5. The minimum atomic E-state index is -0.249. The molecule has 1 aliphatic rings. The van der Waals surface area contributed by atoms with E-state index in [-0.39, 0.29) is 11.8 Å². The average Bonchev–Trinajstić information content (AvgIpc) is 3.10. The van der Waals surface area contributed by atoms with Crippen LogP contribution in [0.25, 0.3) is 0 Å². The summed E-state index contributed by atoms with van der Waals surface area (Å²) in [5.74, 6) is 0.243. The van der Waals surface area contributed by atoms with Crippen molar-refractivity contribution < 1.29 is 9.59 Å². The van der Waals surface area contributed by atoms with Gasteiger partial charge in [0.25, 0.3) is 5.91 Å². The van der Waals surface area contributed by atoms with Crippen molar-refractivity contribution in [3.63, 3.8) is 0 Å². The third-order valence-corrected chi connectivity index (χ3v) is 4.32. The van der Waals surface area contributed by atoms with E-state index in [1.807, 2.05) is 12.1 Å². The highest BCUT2D eigenvalue weighted by molar-refractivity contribution is 6.07. The molecule has 1 aromatic carbocycles. The molecule has 2 amide bonds. The highest BCUT2D eigenvalue weighted by Gasteiger charge is 2.19. The number of hydrogen-bond acceptors (Lipinski definition) is 3. The molecule has 5 nitrogen and oxygen atoms in total.